The summed E-state index contributed by atoms with van der Waals surface area (Å²) in [5.74, 6) is -0.0649. The third kappa shape index (κ3) is 3.30. The van der Waals surface area contributed by atoms with E-state index >= 15 is 0 Å². The average molecular weight is 406 g/mol. The van der Waals surface area contributed by atoms with Crippen LogP contribution >= 0.6 is 0 Å². The predicted octanol–water partition coefficient (Wildman–Crippen LogP) is 1.04. The number of ether oxygens (including phenoxy) is 1. The Balaban J connectivity index is 1.51. The lowest BCUT2D eigenvalue weighted by Crippen LogP contribution is -3.14. The molecule has 7 nitrogen and oxygen atoms in total. The van der Waals surface area contributed by atoms with E-state index < -0.39 is 6.04 Å². The molecule has 2 aromatic heterocycles. The van der Waals surface area contributed by atoms with Gasteiger partial charge in [-0.3, -0.25) is 14.6 Å². The number of para-hydroxylation sites is 1. The second-order valence-electron chi connectivity index (χ2n) is 7.82. The molecule has 1 amide bonds. The van der Waals surface area contributed by atoms with Crippen LogP contribution in [0.3, 0.4) is 0 Å². The molecule has 0 bridgehead atoms. The van der Waals surface area contributed by atoms with E-state index in [0.717, 1.165) is 44.8 Å². The summed E-state index contributed by atoms with van der Waals surface area (Å²) in [4.78, 5) is 34.1. The van der Waals surface area contributed by atoms with Crippen molar-refractivity contribution >= 4 is 16.9 Å². The van der Waals surface area contributed by atoms with Crippen LogP contribution < -0.4 is 10.3 Å². The summed E-state index contributed by atoms with van der Waals surface area (Å²) in [6.07, 6.45) is 4.26. The monoisotopic (exact) mass is 406 g/mol. The van der Waals surface area contributed by atoms with Gasteiger partial charge in [0.25, 0.3) is 5.91 Å². The van der Waals surface area contributed by atoms with Gasteiger partial charge in [0.15, 0.2) is 5.43 Å². The minimum Gasteiger partial charge on any atom is -0.450 e. The summed E-state index contributed by atoms with van der Waals surface area (Å²) >= 11 is 0. The molecular weight excluding hydrogens is 382 g/mol. The van der Waals surface area contributed by atoms with Crippen LogP contribution in [0, 0.1) is 0 Å². The first-order valence-electron chi connectivity index (χ1n) is 10.4. The molecule has 1 atom stereocenters. The van der Waals surface area contributed by atoms with Crippen LogP contribution in [0.5, 0.6) is 0 Å². The smallest absolute Gasteiger partial charge is 0.290 e. The summed E-state index contributed by atoms with van der Waals surface area (Å²) in [5.41, 5.74) is 1.55. The lowest BCUT2D eigenvalue weighted by atomic mass is 10.00. The van der Waals surface area contributed by atoms with Crippen LogP contribution in [-0.4, -0.2) is 55.2 Å². The maximum Gasteiger partial charge on any atom is 0.290 e. The SMILES string of the molecule is O=C1c2oc3ccccc3c(=O)c2[C@@H](c2cccnc2)N1CCC[NH+]1CCOCC1. The quantitative estimate of drug-likeness (QED) is 0.685. The number of amides is 1. The predicted molar refractivity (Wildman–Crippen MR) is 111 cm³/mol. The van der Waals surface area contributed by atoms with E-state index in [1.54, 1.807) is 35.5 Å². The third-order valence-corrected chi connectivity index (χ3v) is 6.00. The van der Waals surface area contributed by atoms with Crippen molar-refractivity contribution in [2.45, 2.75) is 12.5 Å². The largest absolute Gasteiger partial charge is 0.450 e. The molecule has 7 heteroatoms. The number of aromatic nitrogens is 1. The molecule has 0 spiro atoms. The van der Waals surface area contributed by atoms with Crippen molar-refractivity contribution in [3.05, 3.63) is 75.9 Å². The van der Waals surface area contributed by atoms with Crippen LogP contribution in [0.25, 0.3) is 11.0 Å². The zero-order valence-electron chi connectivity index (χ0n) is 16.7. The molecule has 1 saturated heterocycles. The van der Waals surface area contributed by atoms with Gasteiger partial charge in [-0.15, -0.1) is 0 Å². The Morgan fingerprint density at radius 3 is 2.73 bits per heavy atom. The fourth-order valence-corrected chi connectivity index (χ4v) is 4.49. The molecule has 154 valence electrons. The van der Waals surface area contributed by atoms with Crippen molar-refractivity contribution in [2.75, 3.05) is 39.4 Å². The number of carbonyl (C=O) groups excluding carboxylic acids is 1. The van der Waals surface area contributed by atoms with E-state index in [1.165, 1.54) is 4.90 Å². The van der Waals surface area contributed by atoms with Gasteiger partial charge in [-0.05, 0) is 23.8 Å². The van der Waals surface area contributed by atoms with E-state index in [1.807, 2.05) is 18.2 Å². The number of carbonyl (C=O) groups is 1. The molecule has 1 N–H and O–H groups in total. The number of quaternary nitrogens is 1. The normalized spacial score (nSPS) is 19.4. The highest BCUT2D eigenvalue weighted by molar-refractivity contribution is 5.99. The van der Waals surface area contributed by atoms with Gasteiger partial charge in [0, 0.05) is 25.4 Å². The first-order chi connectivity index (χ1) is 14.7. The molecule has 0 radical (unpaired) electrons. The van der Waals surface area contributed by atoms with Gasteiger partial charge in [0.05, 0.1) is 36.8 Å². The Bertz CT molecular complexity index is 1120. The Kier molecular flexibility index (Phi) is 5.06. The topological polar surface area (TPSA) is 77.1 Å². The van der Waals surface area contributed by atoms with Gasteiger partial charge >= 0.3 is 0 Å². The van der Waals surface area contributed by atoms with Crippen molar-refractivity contribution < 1.29 is 18.8 Å². The van der Waals surface area contributed by atoms with Crippen molar-refractivity contribution in [2.24, 2.45) is 0 Å². The van der Waals surface area contributed by atoms with Gasteiger partial charge < -0.3 is 19.0 Å². The number of pyridine rings is 1. The van der Waals surface area contributed by atoms with Crippen LogP contribution in [0.1, 0.15) is 34.1 Å². The van der Waals surface area contributed by atoms with Gasteiger partial charge in [-0.25, -0.2) is 0 Å². The lowest BCUT2D eigenvalue weighted by molar-refractivity contribution is -0.908. The number of hydrogen-bond acceptors (Lipinski definition) is 5. The second-order valence-corrected chi connectivity index (χ2v) is 7.82. The molecule has 0 unspecified atom stereocenters. The van der Waals surface area contributed by atoms with E-state index in [2.05, 4.69) is 4.98 Å². The molecule has 2 aliphatic rings. The molecule has 5 rings (SSSR count). The second kappa shape index (κ2) is 8.01. The Morgan fingerprint density at radius 1 is 1.10 bits per heavy atom. The number of nitrogens with one attached hydrogen (secondary N) is 1. The van der Waals surface area contributed by atoms with Crippen molar-refractivity contribution in [1.29, 1.82) is 0 Å². The molecular formula is C23H24N3O4+. The molecule has 1 aromatic carbocycles. The first-order valence-corrected chi connectivity index (χ1v) is 10.4. The van der Waals surface area contributed by atoms with E-state index in [-0.39, 0.29) is 17.1 Å². The highest BCUT2D eigenvalue weighted by Gasteiger charge is 2.42. The zero-order valence-corrected chi connectivity index (χ0v) is 16.7. The van der Waals surface area contributed by atoms with E-state index in [0.29, 0.717) is 23.1 Å². The van der Waals surface area contributed by atoms with Crippen LogP contribution in [-0.2, 0) is 4.74 Å². The van der Waals surface area contributed by atoms with Gasteiger partial charge in [-0.2, -0.15) is 0 Å². The molecule has 3 aromatic rings. The fourth-order valence-electron chi connectivity index (χ4n) is 4.49. The highest BCUT2D eigenvalue weighted by Crippen LogP contribution is 2.37. The maximum atomic E-state index is 13.3. The third-order valence-electron chi connectivity index (χ3n) is 6.00. The standard InChI is InChI=1S/C23H23N3O4/c27-21-17-6-1-2-7-18(17)30-22-19(21)20(16-5-3-8-24-15-16)26(23(22)28)10-4-9-25-11-13-29-14-12-25/h1-3,5-8,15,20H,4,9-14H2/p+1/t20-/m1/s1. The van der Waals surface area contributed by atoms with Gasteiger partial charge in [-0.1, -0.05) is 18.2 Å². The number of benzene rings is 1. The number of hydrogen-bond donors (Lipinski definition) is 1. The molecule has 4 heterocycles. The van der Waals surface area contributed by atoms with Gasteiger partial charge in [0.2, 0.25) is 5.76 Å². The first kappa shape index (κ1) is 19.0. The summed E-state index contributed by atoms with van der Waals surface area (Å²) in [5, 5.41) is 0.498. The number of fused-ring (bicyclic) bond motifs is 2. The molecule has 30 heavy (non-hydrogen) atoms. The number of nitrogens with zero attached hydrogens (tertiary/aromatic N) is 2. The Morgan fingerprint density at radius 2 is 1.93 bits per heavy atom. The van der Waals surface area contributed by atoms with Crippen LogP contribution in [0.2, 0.25) is 0 Å². The minimum absolute atomic E-state index is 0.143. The number of morpholine rings is 1. The fraction of sp³-hybridized carbons (Fsp3) is 0.348. The van der Waals surface area contributed by atoms with Crippen LogP contribution in [0.15, 0.2) is 58.0 Å². The molecule has 1 fully saturated rings. The molecule has 2 aliphatic heterocycles. The summed E-state index contributed by atoms with van der Waals surface area (Å²) in [6.45, 7) is 5.08. The number of rotatable bonds is 5. The average Bonchev–Trinajstić information content (AvgIpc) is 3.07. The van der Waals surface area contributed by atoms with Crippen molar-refractivity contribution in [1.82, 2.24) is 9.88 Å². The van der Waals surface area contributed by atoms with E-state index in [4.69, 9.17) is 9.15 Å². The Labute approximate surface area is 173 Å². The summed E-state index contributed by atoms with van der Waals surface area (Å²) in [7, 11) is 0. The van der Waals surface area contributed by atoms with E-state index in [9.17, 15) is 9.59 Å². The minimum atomic E-state index is -0.471. The summed E-state index contributed by atoms with van der Waals surface area (Å²) < 4.78 is 11.4. The van der Waals surface area contributed by atoms with Crippen LogP contribution in [0.4, 0.5) is 0 Å². The Hall–Kier alpha value is -3.03. The maximum absolute atomic E-state index is 13.3. The highest BCUT2D eigenvalue weighted by atomic mass is 16.5. The zero-order chi connectivity index (χ0) is 20.5. The molecule has 0 aliphatic carbocycles. The summed E-state index contributed by atoms with van der Waals surface area (Å²) in [6, 6.07) is 10.4. The lowest BCUT2D eigenvalue weighted by Gasteiger charge is -2.27. The van der Waals surface area contributed by atoms with Gasteiger partial charge in [0.1, 0.15) is 18.7 Å². The van der Waals surface area contributed by atoms with Crippen molar-refractivity contribution in [3.8, 4) is 0 Å². The molecule has 0 saturated carbocycles. The van der Waals surface area contributed by atoms with Crippen molar-refractivity contribution in [3.63, 3.8) is 0 Å².